The molecule has 0 amide bonds. The number of aliphatic hydroxyl groups is 1. The Balaban J connectivity index is 2.19. The molecule has 2 aromatic rings. The molecule has 1 aromatic heterocycles. The van der Waals surface area contributed by atoms with Crippen LogP contribution in [0.1, 0.15) is 30.2 Å². The summed E-state index contributed by atoms with van der Waals surface area (Å²) in [4.78, 5) is 4.45. The molecule has 6 heteroatoms. The largest absolute Gasteiger partial charge is 0.490 e. The van der Waals surface area contributed by atoms with Gasteiger partial charge in [-0.3, -0.25) is 0 Å². The lowest BCUT2D eigenvalue weighted by atomic mass is 9.99. The van der Waals surface area contributed by atoms with E-state index >= 15 is 0 Å². The van der Waals surface area contributed by atoms with E-state index < -0.39 is 11.9 Å². The summed E-state index contributed by atoms with van der Waals surface area (Å²) in [7, 11) is 0. The topological polar surface area (TPSA) is 68.4 Å². The van der Waals surface area contributed by atoms with Crippen molar-refractivity contribution >= 4 is 11.6 Å². The van der Waals surface area contributed by atoms with Crippen LogP contribution in [0.15, 0.2) is 24.3 Å². The molecule has 0 saturated heterocycles. The SMILES string of the molecule is CC1COc2c1cc(C(O)CN)nc2-c1ccc(F)c(Cl)c1. The van der Waals surface area contributed by atoms with Crippen molar-refractivity contribution in [3.05, 3.63) is 46.4 Å². The fourth-order valence-electron chi connectivity index (χ4n) is 2.52. The van der Waals surface area contributed by atoms with Crippen LogP contribution in [-0.4, -0.2) is 23.2 Å². The molecule has 116 valence electrons. The van der Waals surface area contributed by atoms with Gasteiger partial charge in [-0.2, -0.15) is 0 Å². The van der Waals surface area contributed by atoms with E-state index in [1.54, 1.807) is 6.07 Å². The molecule has 2 atom stereocenters. The first-order chi connectivity index (χ1) is 10.5. The van der Waals surface area contributed by atoms with Crippen molar-refractivity contribution < 1.29 is 14.2 Å². The molecule has 1 aliphatic heterocycles. The molecule has 0 spiro atoms. The highest BCUT2D eigenvalue weighted by molar-refractivity contribution is 6.31. The highest BCUT2D eigenvalue weighted by Gasteiger charge is 2.27. The number of pyridine rings is 1. The summed E-state index contributed by atoms with van der Waals surface area (Å²) in [6, 6.07) is 6.20. The molecule has 3 N–H and O–H groups in total. The Morgan fingerprint density at radius 2 is 2.27 bits per heavy atom. The second-order valence-corrected chi connectivity index (χ2v) is 5.81. The fraction of sp³-hybridized carbons (Fsp3) is 0.312. The Bertz CT molecular complexity index is 724. The quantitative estimate of drug-likeness (QED) is 0.911. The van der Waals surface area contributed by atoms with E-state index in [9.17, 15) is 9.50 Å². The smallest absolute Gasteiger partial charge is 0.149 e. The molecule has 2 unspecified atom stereocenters. The van der Waals surface area contributed by atoms with E-state index in [1.165, 1.54) is 12.1 Å². The molecule has 0 radical (unpaired) electrons. The second-order valence-electron chi connectivity index (χ2n) is 5.41. The minimum absolute atomic E-state index is 0.0175. The summed E-state index contributed by atoms with van der Waals surface area (Å²) in [6.07, 6.45) is -0.854. The predicted molar refractivity (Wildman–Crippen MR) is 82.6 cm³/mol. The van der Waals surface area contributed by atoms with Gasteiger partial charge in [0.2, 0.25) is 0 Å². The van der Waals surface area contributed by atoms with Gasteiger partial charge in [0.15, 0.2) is 0 Å². The molecule has 3 rings (SSSR count). The molecule has 2 heterocycles. The van der Waals surface area contributed by atoms with Crippen molar-refractivity contribution in [2.75, 3.05) is 13.2 Å². The van der Waals surface area contributed by atoms with Crippen molar-refractivity contribution in [2.24, 2.45) is 5.73 Å². The van der Waals surface area contributed by atoms with E-state index in [2.05, 4.69) is 4.98 Å². The number of nitrogens with two attached hydrogens (primary N) is 1. The van der Waals surface area contributed by atoms with Crippen molar-refractivity contribution in [3.63, 3.8) is 0 Å². The van der Waals surface area contributed by atoms with Gasteiger partial charge in [-0.15, -0.1) is 0 Å². The molecule has 1 aliphatic rings. The van der Waals surface area contributed by atoms with Gasteiger partial charge in [-0.1, -0.05) is 18.5 Å². The average molecular weight is 323 g/mol. The molecule has 4 nitrogen and oxygen atoms in total. The number of hydrogen-bond donors (Lipinski definition) is 2. The summed E-state index contributed by atoms with van der Waals surface area (Å²) in [5.41, 5.74) is 8.16. The minimum atomic E-state index is -0.854. The molecular formula is C16H16ClFN2O2. The molecule has 22 heavy (non-hydrogen) atoms. The van der Waals surface area contributed by atoms with Gasteiger partial charge >= 0.3 is 0 Å². The maximum atomic E-state index is 13.4. The number of hydrogen-bond acceptors (Lipinski definition) is 4. The van der Waals surface area contributed by atoms with Gasteiger partial charge in [0, 0.05) is 23.6 Å². The van der Waals surface area contributed by atoms with Crippen LogP contribution in [-0.2, 0) is 0 Å². The highest BCUT2D eigenvalue weighted by atomic mass is 35.5. The second kappa shape index (κ2) is 5.83. The standard InChI is InChI=1S/C16H16ClFN2O2/c1-8-7-22-16-10(8)5-13(14(21)6-19)20-15(16)9-2-3-12(18)11(17)4-9/h2-5,8,14,21H,6-7,19H2,1H3. The molecule has 0 saturated carbocycles. The molecule has 0 bridgehead atoms. The maximum Gasteiger partial charge on any atom is 0.149 e. The van der Waals surface area contributed by atoms with Crippen molar-refractivity contribution in [1.82, 2.24) is 4.98 Å². The summed E-state index contributed by atoms with van der Waals surface area (Å²) in [6.45, 7) is 2.65. The van der Waals surface area contributed by atoms with E-state index in [0.717, 1.165) is 5.56 Å². The van der Waals surface area contributed by atoms with Gasteiger partial charge in [0.1, 0.15) is 23.4 Å². The zero-order valence-corrected chi connectivity index (χ0v) is 12.8. The van der Waals surface area contributed by atoms with Crippen molar-refractivity contribution in [1.29, 1.82) is 0 Å². The van der Waals surface area contributed by atoms with E-state index in [-0.39, 0.29) is 17.5 Å². The third kappa shape index (κ3) is 2.56. The molecular weight excluding hydrogens is 307 g/mol. The zero-order chi connectivity index (χ0) is 15.9. The number of aliphatic hydroxyl groups excluding tert-OH is 1. The van der Waals surface area contributed by atoms with Gasteiger partial charge in [0.25, 0.3) is 0 Å². The van der Waals surface area contributed by atoms with E-state index in [0.29, 0.717) is 29.3 Å². The summed E-state index contributed by atoms with van der Waals surface area (Å²) >= 11 is 5.86. The third-order valence-electron chi connectivity index (χ3n) is 3.79. The van der Waals surface area contributed by atoms with E-state index in [4.69, 9.17) is 22.1 Å². The minimum Gasteiger partial charge on any atom is -0.490 e. The number of nitrogens with zero attached hydrogens (tertiary/aromatic N) is 1. The number of rotatable bonds is 3. The monoisotopic (exact) mass is 322 g/mol. The third-order valence-corrected chi connectivity index (χ3v) is 4.08. The number of ether oxygens (including phenoxy) is 1. The van der Waals surface area contributed by atoms with Crippen LogP contribution in [0, 0.1) is 5.82 Å². The van der Waals surface area contributed by atoms with Crippen LogP contribution >= 0.6 is 11.6 Å². The highest BCUT2D eigenvalue weighted by Crippen LogP contribution is 2.42. The van der Waals surface area contributed by atoms with Crippen LogP contribution in [0.25, 0.3) is 11.3 Å². The lowest BCUT2D eigenvalue weighted by molar-refractivity contribution is 0.182. The number of halogens is 2. The summed E-state index contributed by atoms with van der Waals surface area (Å²) in [5.74, 6) is 0.356. The Hall–Kier alpha value is -1.69. The molecule has 1 aromatic carbocycles. The van der Waals surface area contributed by atoms with Crippen LogP contribution < -0.4 is 10.5 Å². The summed E-state index contributed by atoms with van der Waals surface area (Å²) < 4.78 is 19.1. The fourth-order valence-corrected chi connectivity index (χ4v) is 2.70. The normalized spacial score (nSPS) is 18.0. The van der Waals surface area contributed by atoms with Gasteiger partial charge in [-0.25, -0.2) is 9.37 Å². The Labute approximate surface area is 132 Å². The van der Waals surface area contributed by atoms with Crippen LogP contribution in [0.4, 0.5) is 4.39 Å². The number of aromatic nitrogens is 1. The number of fused-ring (bicyclic) bond motifs is 1. The van der Waals surface area contributed by atoms with Crippen molar-refractivity contribution in [2.45, 2.75) is 18.9 Å². The lowest BCUT2D eigenvalue weighted by Gasteiger charge is -2.14. The Morgan fingerprint density at radius 1 is 1.50 bits per heavy atom. The van der Waals surface area contributed by atoms with Gasteiger partial charge in [-0.05, 0) is 24.3 Å². The molecule has 0 aliphatic carbocycles. The van der Waals surface area contributed by atoms with Crippen LogP contribution in [0.2, 0.25) is 5.02 Å². The first-order valence-electron chi connectivity index (χ1n) is 7.02. The van der Waals surface area contributed by atoms with Crippen LogP contribution in [0.3, 0.4) is 0 Å². The Morgan fingerprint density at radius 3 is 2.95 bits per heavy atom. The van der Waals surface area contributed by atoms with Crippen molar-refractivity contribution in [3.8, 4) is 17.0 Å². The zero-order valence-electron chi connectivity index (χ0n) is 12.0. The van der Waals surface area contributed by atoms with Gasteiger partial charge in [0.05, 0.1) is 17.3 Å². The first kappa shape index (κ1) is 15.2. The van der Waals surface area contributed by atoms with Crippen LogP contribution in [0.5, 0.6) is 5.75 Å². The summed E-state index contributed by atoms with van der Waals surface area (Å²) in [5, 5.41) is 10.0. The first-order valence-corrected chi connectivity index (χ1v) is 7.40. The van der Waals surface area contributed by atoms with Gasteiger partial charge < -0.3 is 15.6 Å². The maximum absolute atomic E-state index is 13.4. The number of benzene rings is 1. The predicted octanol–water partition coefficient (Wildman–Crippen LogP) is 3.03. The lowest BCUT2D eigenvalue weighted by Crippen LogP contribution is -2.13. The van der Waals surface area contributed by atoms with E-state index in [1.807, 2.05) is 13.0 Å². The Kier molecular flexibility index (Phi) is 4.04. The average Bonchev–Trinajstić information content (AvgIpc) is 2.90. The molecule has 0 fully saturated rings.